The van der Waals surface area contributed by atoms with Gasteiger partial charge in [-0.3, -0.25) is 19.2 Å². The van der Waals surface area contributed by atoms with Gasteiger partial charge in [0.05, 0.1) is 12.5 Å². The zero-order valence-electron chi connectivity index (χ0n) is 23.8. The molecular formula is C31H34N6O7. The fourth-order valence-corrected chi connectivity index (χ4v) is 5.78. The molecule has 1 aliphatic heterocycles. The molecule has 3 heterocycles. The average molecular weight is 603 g/mol. The van der Waals surface area contributed by atoms with Crippen molar-refractivity contribution in [1.82, 2.24) is 25.5 Å². The minimum atomic E-state index is -1.47. The Kier molecular flexibility index (Phi) is 8.95. The number of para-hydroxylation sites is 2. The predicted octanol–water partition coefficient (Wildman–Crippen LogP) is 1.28. The molecule has 1 saturated heterocycles. The Bertz CT molecular complexity index is 1710. The molecule has 0 spiro atoms. The van der Waals surface area contributed by atoms with E-state index < -0.39 is 60.2 Å². The topological polar surface area (TPSA) is 211 Å². The number of carboxylic acids is 2. The van der Waals surface area contributed by atoms with Crippen LogP contribution in [0.3, 0.4) is 0 Å². The Labute approximate surface area is 251 Å². The summed E-state index contributed by atoms with van der Waals surface area (Å²) in [6.07, 6.45) is 3.58. The van der Waals surface area contributed by atoms with Crippen molar-refractivity contribution in [2.24, 2.45) is 5.73 Å². The SMILES string of the molecule is NC(Cc1c[nH]c2ccccc12)C(=O)NC(CC(=O)O)C(=O)N1CCCC1C(=O)NC(Cc1c[nH]c2ccccc12)C(=O)O. The molecule has 4 atom stereocenters. The average Bonchev–Trinajstić information content (AvgIpc) is 3.75. The highest BCUT2D eigenvalue weighted by atomic mass is 16.4. The summed E-state index contributed by atoms with van der Waals surface area (Å²) in [5.41, 5.74) is 9.37. The van der Waals surface area contributed by atoms with Gasteiger partial charge >= 0.3 is 11.9 Å². The largest absolute Gasteiger partial charge is 0.481 e. The number of rotatable bonds is 12. The van der Waals surface area contributed by atoms with Gasteiger partial charge in [0.2, 0.25) is 17.7 Å². The molecule has 1 aliphatic rings. The van der Waals surface area contributed by atoms with Gasteiger partial charge in [0.1, 0.15) is 18.1 Å². The summed E-state index contributed by atoms with van der Waals surface area (Å²) in [5.74, 6) is -4.68. The van der Waals surface area contributed by atoms with Crippen LogP contribution in [-0.2, 0) is 36.8 Å². The van der Waals surface area contributed by atoms with Gasteiger partial charge in [-0.05, 0) is 42.5 Å². The summed E-state index contributed by atoms with van der Waals surface area (Å²) in [7, 11) is 0. The van der Waals surface area contributed by atoms with Gasteiger partial charge in [-0.1, -0.05) is 36.4 Å². The first-order chi connectivity index (χ1) is 21.1. The molecule has 4 unspecified atom stereocenters. The Morgan fingerprint density at radius 3 is 2.05 bits per heavy atom. The molecule has 0 aliphatic carbocycles. The molecule has 0 bridgehead atoms. The number of aliphatic carboxylic acids is 2. The number of carbonyl (C=O) groups is 5. The number of benzene rings is 2. The first-order valence-electron chi connectivity index (χ1n) is 14.3. The number of hydrogen-bond acceptors (Lipinski definition) is 6. The van der Waals surface area contributed by atoms with Crippen molar-refractivity contribution >= 4 is 51.5 Å². The lowest BCUT2D eigenvalue weighted by molar-refractivity contribution is -0.147. The number of nitrogens with zero attached hydrogens (tertiary/aromatic N) is 1. The summed E-state index contributed by atoms with van der Waals surface area (Å²) in [4.78, 5) is 71.1. The third kappa shape index (κ3) is 6.57. The number of H-pyrrole nitrogens is 2. The normalized spacial score (nSPS) is 16.8. The minimum Gasteiger partial charge on any atom is -0.481 e. The van der Waals surface area contributed by atoms with E-state index in [1.807, 2.05) is 48.5 Å². The molecular weight excluding hydrogens is 568 g/mol. The third-order valence-corrected chi connectivity index (χ3v) is 8.00. The summed E-state index contributed by atoms with van der Waals surface area (Å²) in [6, 6.07) is 10.0. The van der Waals surface area contributed by atoms with Crippen molar-refractivity contribution < 1.29 is 34.2 Å². The Balaban J connectivity index is 1.26. The monoisotopic (exact) mass is 602 g/mol. The van der Waals surface area contributed by atoms with Gasteiger partial charge in [-0.15, -0.1) is 0 Å². The van der Waals surface area contributed by atoms with Crippen molar-refractivity contribution in [2.45, 2.75) is 56.3 Å². The first kappa shape index (κ1) is 30.3. The highest BCUT2D eigenvalue weighted by Gasteiger charge is 2.40. The highest BCUT2D eigenvalue weighted by molar-refractivity contribution is 5.96. The van der Waals surface area contributed by atoms with E-state index in [-0.39, 0.29) is 25.8 Å². The van der Waals surface area contributed by atoms with E-state index in [1.54, 1.807) is 12.4 Å². The summed E-state index contributed by atoms with van der Waals surface area (Å²) in [6.45, 7) is 0.143. The van der Waals surface area contributed by atoms with Gasteiger partial charge in [-0.2, -0.15) is 0 Å². The van der Waals surface area contributed by atoms with E-state index in [0.29, 0.717) is 12.0 Å². The number of hydrogen-bond donors (Lipinski definition) is 7. The Hall–Kier alpha value is -5.17. The number of likely N-dealkylation sites (tertiary alicyclic amines) is 1. The lowest BCUT2D eigenvalue weighted by Gasteiger charge is -2.29. The number of fused-ring (bicyclic) bond motifs is 2. The molecule has 3 amide bonds. The number of carboxylic acid groups (broad SMARTS) is 2. The van der Waals surface area contributed by atoms with Crippen LogP contribution in [0.2, 0.25) is 0 Å². The minimum absolute atomic E-state index is 0.0117. The smallest absolute Gasteiger partial charge is 0.326 e. The second kappa shape index (κ2) is 13.0. The fraction of sp³-hybridized carbons (Fsp3) is 0.323. The molecule has 5 rings (SSSR count). The van der Waals surface area contributed by atoms with E-state index in [1.165, 1.54) is 4.90 Å². The molecule has 2 aromatic heterocycles. The van der Waals surface area contributed by atoms with Gasteiger partial charge in [-0.25, -0.2) is 4.79 Å². The van der Waals surface area contributed by atoms with Crippen LogP contribution in [0.15, 0.2) is 60.9 Å². The van der Waals surface area contributed by atoms with Crippen molar-refractivity contribution in [3.63, 3.8) is 0 Å². The lowest BCUT2D eigenvalue weighted by atomic mass is 10.0. The van der Waals surface area contributed by atoms with E-state index in [0.717, 1.165) is 27.4 Å². The molecule has 0 saturated carbocycles. The lowest BCUT2D eigenvalue weighted by Crippen LogP contribution is -2.57. The zero-order chi connectivity index (χ0) is 31.4. The standard InChI is InChI=1S/C31H34N6O7/c32-21(12-17-15-33-22-8-3-1-6-19(17)22)28(40)35-24(14-27(38)39)30(42)37-11-5-10-26(37)29(41)36-25(31(43)44)13-18-16-34-23-9-4-2-7-20(18)23/h1-4,6-9,15-16,21,24-26,33-34H,5,10-14,32H2,(H,35,40)(H,36,41)(H,38,39)(H,43,44). The molecule has 0 radical (unpaired) electrons. The van der Waals surface area contributed by atoms with E-state index in [2.05, 4.69) is 20.6 Å². The van der Waals surface area contributed by atoms with Crippen LogP contribution in [0.4, 0.5) is 0 Å². The second-order valence-electron chi connectivity index (χ2n) is 11.0. The van der Waals surface area contributed by atoms with Crippen LogP contribution in [0.25, 0.3) is 21.8 Å². The predicted molar refractivity (Wildman–Crippen MR) is 160 cm³/mol. The summed E-state index contributed by atoms with van der Waals surface area (Å²) >= 11 is 0. The van der Waals surface area contributed by atoms with Gasteiger partial charge in [0.25, 0.3) is 0 Å². The summed E-state index contributed by atoms with van der Waals surface area (Å²) in [5, 5.41) is 26.1. The number of amides is 3. The second-order valence-corrected chi connectivity index (χ2v) is 11.0. The Morgan fingerprint density at radius 2 is 1.45 bits per heavy atom. The number of nitrogens with two attached hydrogens (primary N) is 1. The molecule has 44 heavy (non-hydrogen) atoms. The van der Waals surface area contributed by atoms with Crippen LogP contribution in [0.5, 0.6) is 0 Å². The number of carbonyl (C=O) groups excluding carboxylic acids is 3. The van der Waals surface area contributed by atoms with Crippen LogP contribution < -0.4 is 16.4 Å². The summed E-state index contributed by atoms with van der Waals surface area (Å²) < 4.78 is 0. The maximum Gasteiger partial charge on any atom is 0.326 e. The zero-order valence-corrected chi connectivity index (χ0v) is 23.8. The van der Waals surface area contributed by atoms with Crippen molar-refractivity contribution in [2.75, 3.05) is 6.54 Å². The molecule has 1 fully saturated rings. The van der Waals surface area contributed by atoms with E-state index >= 15 is 0 Å². The van der Waals surface area contributed by atoms with Gasteiger partial charge in [0.15, 0.2) is 0 Å². The van der Waals surface area contributed by atoms with E-state index in [9.17, 15) is 34.2 Å². The van der Waals surface area contributed by atoms with Crippen LogP contribution in [-0.4, -0.2) is 85.5 Å². The van der Waals surface area contributed by atoms with Crippen LogP contribution >= 0.6 is 0 Å². The highest BCUT2D eigenvalue weighted by Crippen LogP contribution is 2.23. The van der Waals surface area contributed by atoms with Gasteiger partial charge in [0, 0.05) is 47.2 Å². The number of aromatic nitrogens is 2. The molecule has 13 nitrogen and oxygen atoms in total. The fourth-order valence-electron chi connectivity index (χ4n) is 5.78. The van der Waals surface area contributed by atoms with E-state index in [4.69, 9.17) is 5.73 Å². The molecule has 230 valence electrons. The molecule has 13 heteroatoms. The van der Waals surface area contributed by atoms with Crippen LogP contribution in [0, 0.1) is 0 Å². The number of aromatic amines is 2. The maximum absolute atomic E-state index is 13.6. The van der Waals surface area contributed by atoms with Crippen molar-refractivity contribution in [3.8, 4) is 0 Å². The molecule has 4 aromatic rings. The Morgan fingerprint density at radius 1 is 0.864 bits per heavy atom. The van der Waals surface area contributed by atoms with Crippen molar-refractivity contribution in [1.29, 1.82) is 0 Å². The third-order valence-electron chi connectivity index (χ3n) is 8.00. The van der Waals surface area contributed by atoms with Gasteiger partial charge < -0.3 is 41.4 Å². The molecule has 2 aromatic carbocycles. The maximum atomic E-state index is 13.6. The first-order valence-corrected chi connectivity index (χ1v) is 14.3. The van der Waals surface area contributed by atoms with Crippen molar-refractivity contribution in [3.05, 3.63) is 72.1 Å². The molecule has 8 N–H and O–H groups in total. The number of nitrogens with one attached hydrogen (secondary N) is 4. The van der Waals surface area contributed by atoms with Crippen LogP contribution in [0.1, 0.15) is 30.4 Å². The quantitative estimate of drug-likeness (QED) is 0.125.